The maximum atomic E-state index is 5.73. The van der Waals surface area contributed by atoms with Crippen molar-refractivity contribution in [3.05, 3.63) is 78.4 Å². The van der Waals surface area contributed by atoms with Gasteiger partial charge in [0, 0.05) is 11.4 Å². The molecule has 0 saturated carbocycles. The van der Waals surface area contributed by atoms with Crippen molar-refractivity contribution in [3.63, 3.8) is 0 Å². The average Bonchev–Trinajstić information content (AvgIpc) is 2.62. The van der Waals surface area contributed by atoms with Gasteiger partial charge in [0.2, 0.25) is 0 Å². The first-order chi connectivity index (χ1) is 11.7. The molecule has 0 aliphatic heterocycles. The number of nitrogens with two attached hydrogens (primary N) is 2. The molecule has 0 fully saturated rings. The monoisotopic (exact) mass is 318 g/mol. The zero-order valence-corrected chi connectivity index (χ0v) is 13.6. The fraction of sp³-hybridized carbons (Fsp3) is 0.143. The van der Waals surface area contributed by atoms with Gasteiger partial charge in [-0.25, -0.2) is 0 Å². The zero-order chi connectivity index (χ0) is 16.8. The number of hydrogen-bond donors (Lipinski definition) is 2. The molecule has 0 bridgehead atoms. The molecule has 0 heterocycles. The molecule has 0 unspecified atom stereocenters. The molecule has 3 nitrogen and oxygen atoms in total. The van der Waals surface area contributed by atoms with Crippen molar-refractivity contribution < 1.29 is 4.74 Å². The van der Waals surface area contributed by atoms with Gasteiger partial charge < -0.3 is 16.2 Å². The number of rotatable bonds is 6. The first-order valence-electron chi connectivity index (χ1n) is 8.14. The fourth-order valence-corrected chi connectivity index (χ4v) is 2.57. The summed E-state index contributed by atoms with van der Waals surface area (Å²) >= 11 is 0. The predicted molar refractivity (Wildman–Crippen MR) is 101 cm³/mol. The zero-order valence-electron chi connectivity index (χ0n) is 13.6. The summed E-state index contributed by atoms with van der Waals surface area (Å²) in [7, 11) is 0. The summed E-state index contributed by atoms with van der Waals surface area (Å²) in [5.41, 5.74) is 16.6. The van der Waals surface area contributed by atoms with Crippen LogP contribution in [0.1, 0.15) is 12.0 Å². The summed E-state index contributed by atoms with van der Waals surface area (Å²) in [4.78, 5) is 0. The molecule has 0 saturated heterocycles. The van der Waals surface area contributed by atoms with Gasteiger partial charge in [0.05, 0.1) is 6.61 Å². The number of nitrogen functional groups attached to an aromatic ring is 2. The van der Waals surface area contributed by atoms with Crippen molar-refractivity contribution >= 4 is 11.4 Å². The van der Waals surface area contributed by atoms with Gasteiger partial charge in [-0.05, 0) is 65.9 Å². The largest absolute Gasteiger partial charge is 0.494 e. The van der Waals surface area contributed by atoms with Gasteiger partial charge in [-0.15, -0.1) is 0 Å². The van der Waals surface area contributed by atoms with Crippen LogP contribution in [0.25, 0.3) is 11.1 Å². The molecule has 0 aromatic heterocycles. The normalized spacial score (nSPS) is 10.5. The Labute approximate surface area is 142 Å². The van der Waals surface area contributed by atoms with Crippen LogP contribution in [0.5, 0.6) is 5.75 Å². The molecule has 0 aliphatic rings. The molecule has 0 spiro atoms. The fourth-order valence-electron chi connectivity index (χ4n) is 2.57. The van der Waals surface area contributed by atoms with Crippen LogP contribution in [0.3, 0.4) is 0 Å². The van der Waals surface area contributed by atoms with E-state index in [1.165, 1.54) is 16.7 Å². The molecule has 122 valence electrons. The Morgan fingerprint density at radius 2 is 1.12 bits per heavy atom. The minimum Gasteiger partial charge on any atom is -0.494 e. The Hall–Kier alpha value is -2.94. The van der Waals surface area contributed by atoms with Gasteiger partial charge in [0.25, 0.3) is 0 Å². The molecule has 3 aromatic carbocycles. The lowest BCUT2D eigenvalue weighted by Gasteiger charge is -2.07. The highest BCUT2D eigenvalue weighted by Gasteiger charge is 1.99. The molecule has 0 atom stereocenters. The van der Waals surface area contributed by atoms with Crippen LogP contribution in [0.15, 0.2) is 72.8 Å². The Morgan fingerprint density at radius 1 is 0.625 bits per heavy atom. The summed E-state index contributed by atoms with van der Waals surface area (Å²) in [6.07, 6.45) is 1.97. The first-order valence-corrected chi connectivity index (χ1v) is 8.14. The lowest BCUT2D eigenvalue weighted by atomic mass is 10.0. The van der Waals surface area contributed by atoms with Crippen molar-refractivity contribution in [2.75, 3.05) is 18.1 Å². The van der Waals surface area contributed by atoms with E-state index in [-0.39, 0.29) is 0 Å². The molecule has 0 aliphatic carbocycles. The van der Waals surface area contributed by atoms with E-state index >= 15 is 0 Å². The molecule has 3 aromatic rings. The maximum absolute atomic E-state index is 5.73. The van der Waals surface area contributed by atoms with Crippen molar-refractivity contribution in [1.29, 1.82) is 0 Å². The van der Waals surface area contributed by atoms with E-state index in [9.17, 15) is 0 Å². The van der Waals surface area contributed by atoms with Crippen molar-refractivity contribution in [2.24, 2.45) is 0 Å². The highest BCUT2D eigenvalue weighted by Crippen LogP contribution is 2.21. The van der Waals surface area contributed by atoms with Gasteiger partial charge in [0.1, 0.15) is 5.75 Å². The topological polar surface area (TPSA) is 61.3 Å². The van der Waals surface area contributed by atoms with Crippen molar-refractivity contribution in [1.82, 2.24) is 0 Å². The summed E-state index contributed by atoms with van der Waals surface area (Å²) in [5, 5.41) is 0. The van der Waals surface area contributed by atoms with E-state index in [2.05, 4.69) is 24.3 Å². The highest BCUT2D eigenvalue weighted by atomic mass is 16.5. The molecule has 0 amide bonds. The molecule has 3 rings (SSSR count). The Morgan fingerprint density at radius 3 is 1.71 bits per heavy atom. The predicted octanol–water partition coefficient (Wildman–Crippen LogP) is 4.53. The van der Waals surface area contributed by atoms with Crippen molar-refractivity contribution in [2.45, 2.75) is 12.8 Å². The van der Waals surface area contributed by atoms with Crippen LogP contribution in [0.4, 0.5) is 11.4 Å². The molecule has 0 radical (unpaired) electrons. The number of aryl methyl sites for hydroxylation is 1. The lowest BCUT2D eigenvalue weighted by molar-refractivity contribution is 0.311. The van der Waals surface area contributed by atoms with Gasteiger partial charge in [0.15, 0.2) is 0 Å². The van der Waals surface area contributed by atoms with E-state index in [0.717, 1.165) is 30.0 Å². The SMILES string of the molecule is Nc1ccc(OCCCc2ccc(-c3ccc(N)cc3)cc2)cc1. The molecule has 24 heavy (non-hydrogen) atoms. The number of hydrogen-bond acceptors (Lipinski definition) is 3. The van der Waals surface area contributed by atoms with Gasteiger partial charge in [-0.1, -0.05) is 36.4 Å². The third kappa shape index (κ3) is 4.29. The second-order valence-corrected chi connectivity index (χ2v) is 5.84. The van der Waals surface area contributed by atoms with E-state index in [1.54, 1.807) is 0 Å². The van der Waals surface area contributed by atoms with Crippen LogP contribution in [0.2, 0.25) is 0 Å². The Kier molecular flexibility index (Phi) is 5.02. The van der Waals surface area contributed by atoms with Gasteiger partial charge in [-0.2, -0.15) is 0 Å². The summed E-state index contributed by atoms with van der Waals surface area (Å²) in [5.74, 6) is 0.864. The third-order valence-electron chi connectivity index (χ3n) is 3.96. The smallest absolute Gasteiger partial charge is 0.119 e. The quantitative estimate of drug-likeness (QED) is 0.518. The average molecular weight is 318 g/mol. The summed E-state index contributed by atoms with van der Waals surface area (Å²) in [6, 6.07) is 24.1. The molecule has 3 heteroatoms. The standard InChI is InChI=1S/C21H22N2O/c22-19-9-7-18(8-10-19)17-5-3-16(4-6-17)2-1-15-24-21-13-11-20(23)12-14-21/h3-14H,1-2,15,22-23H2. The van der Waals surface area contributed by atoms with E-state index in [4.69, 9.17) is 16.2 Å². The second kappa shape index (κ2) is 7.55. The summed E-state index contributed by atoms with van der Waals surface area (Å²) in [6.45, 7) is 0.698. The van der Waals surface area contributed by atoms with Crippen LogP contribution in [0, 0.1) is 0 Å². The molecule has 4 N–H and O–H groups in total. The number of ether oxygens (including phenoxy) is 1. The van der Waals surface area contributed by atoms with E-state index < -0.39 is 0 Å². The number of benzene rings is 3. The number of anilines is 2. The summed E-state index contributed by atoms with van der Waals surface area (Å²) < 4.78 is 5.72. The van der Waals surface area contributed by atoms with E-state index in [1.807, 2.05) is 48.5 Å². The minimum absolute atomic E-state index is 0.698. The van der Waals surface area contributed by atoms with E-state index in [0.29, 0.717) is 6.61 Å². The van der Waals surface area contributed by atoms with Crippen LogP contribution < -0.4 is 16.2 Å². The minimum atomic E-state index is 0.698. The van der Waals surface area contributed by atoms with Crippen LogP contribution >= 0.6 is 0 Å². The van der Waals surface area contributed by atoms with Crippen molar-refractivity contribution in [3.8, 4) is 16.9 Å². The Bertz CT molecular complexity index is 762. The first kappa shape index (κ1) is 15.9. The Balaban J connectivity index is 1.49. The van der Waals surface area contributed by atoms with Gasteiger partial charge in [-0.3, -0.25) is 0 Å². The van der Waals surface area contributed by atoms with Gasteiger partial charge >= 0.3 is 0 Å². The maximum Gasteiger partial charge on any atom is 0.119 e. The molecular formula is C21H22N2O. The lowest BCUT2D eigenvalue weighted by Crippen LogP contribution is -1.99. The van der Waals surface area contributed by atoms with Crippen LogP contribution in [-0.4, -0.2) is 6.61 Å². The second-order valence-electron chi connectivity index (χ2n) is 5.84. The molecular weight excluding hydrogens is 296 g/mol. The third-order valence-corrected chi connectivity index (χ3v) is 3.96. The highest BCUT2D eigenvalue weighted by molar-refractivity contribution is 5.65. The van der Waals surface area contributed by atoms with Crippen LogP contribution in [-0.2, 0) is 6.42 Å².